The van der Waals surface area contributed by atoms with Gasteiger partial charge in [0.25, 0.3) is 0 Å². The predicted octanol–water partition coefficient (Wildman–Crippen LogP) is 2.51. The minimum atomic E-state index is -0.733. The molecule has 0 radical (unpaired) electrons. The average molecular weight is 322 g/mol. The molecule has 5 heteroatoms. The van der Waals surface area contributed by atoms with Crippen molar-refractivity contribution >= 4 is 5.91 Å². The van der Waals surface area contributed by atoms with Gasteiger partial charge in [-0.25, -0.2) is 4.39 Å². The molecule has 0 spiro atoms. The van der Waals surface area contributed by atoms with Crippen LogP contribution in [0.1, 0.15) is 45.1 Å². The van der Waals surface area contributed by atoms with Crippen LogP contribution in [0.3, 0.4) is 0 Å². The third kappa shape index (κ3) is 3.90. The monoisotopic (exact) mass is 322 g/mol. The van der Waals surface area contributed by atoms with E-state index in [0.717, 1.165) is 12.8 Å². The third-order valence-electron chi connectivity index (χ3n) is 5.17. The van der Waals surface area contributed by atoms with E-state index in [0.29, 0.717) is 38.2 Å². The first kappa shape index (κ1) is 17.9. The number of hydrogen-bond donors (Lipinski definition) is 2. The second kappa shape index (κ2) is 7.41. The number of halogens is 1. The van der Waals surface area contributed by atoms with Crippen molar-refractivity contribution < 1.29 is 13.9 Å². The largest absolute Gasteiger partial charge is 0.381 e. The molecule has 1 amide bonds. The maximum atomic E-state index is 13.7. The normalized spacial score (nSPS) is 17.7. The summed E-state index contributed by atoms with van der Waals surface area (Å²) in [6.07, 6.45) is 2.69. The summed E-state index contributed by atoms with van der Waals surface area (Å²) in [7, 11) is 0. The topological polar surface area (TPSA) is 64.3 Å². The minimum Gasteiger partial charge on any atom is -0.381 e. The lowest BCUT2D eigenvalue weighted by Crippen LogP contribution is -2.54. The zero-order chi connectivity index (χ0) is 16.9. The molecule has 128 valence electrons. The first-order chi connectivity index (χ1) is 11.0. The average Bonchev–Trinajstić information content (AvgIpc) is 2.60. The van der Waals surface area contributed by atoms with Crippen LogP contribution in [0.2, 0.25) is 0 Å². The summed E-state index contributed by atoms with van der Waals surface area (Å²) in [4.78, 5) is 13.0. The van der Waals surface area contributed by atoms with Gasteiger partial charge in [-0.2, -0.15) is 0 Å². The lowest BCUT2D eigenvalue weighted by molar-refractivity contribution is -0.130. The van der Waals surface area contributed by atoms with E-state index in [-0.39, 0.29) is 11.7 Å². The molecule has 1 fully saturated rings. The zero-order valence-electron chi connectivity index (χ0n) is 14.0. The van der Waals surface area contributed by atoms with E-state index in [4.69, 9.17) is 10.5 Å². The Bertz CT molecular complexity index is 538. The summed E-state index contributed by atoms with van der Waals surface area (Å²) in [6.45, 7) is 5.47. The van der Waals surface area contributed by atoms with E-state index in [1.807, 2.05) is 19.9 Å². The number of hydrogen-bond acceptors (Lipinski definition) is 3. The Kier molecular flexibility index (Phi) is 5.76. The van der Waals surface area contributed by atoms with E-state index in [9.17, 15) is 9.18 Å². The molecule has 4 nitrogen and oxygen atoms in total. The molecule has 1 aliphatic rings. The molecule has 0 aromatic heterocycles. The van der Waals surface area contributed by atoms with Gasteiger partial charge < -0.3 is 15.8 Å². The van der Waals surface area contributed by atoms with Crippen LogP contribution in [-0.2, 0) is 14.9 Å². The SMILES string of the molecule is CCC(N)(CC)CNC(=O)C1(c2cccc(F)c2)CCOCC1. The number of carbonyl (C=O) groups is 1. The number of carbonyl (C=O) groups excluding carboxylic acids is 1. The van der Waals surface area contributed by atoms with Crippen molar-refractivity contribution in [1.29, 1.82) is 0 Å². The van der Waals surface area contributed by atoms with Gasteiger partial charge in [0.1, 0.15) is 5.82 Å². The number of benzene rings is 1. The van der Waals surface area contributed by atoms with E-state index >= 15 is 0 Å². The predicted molar refractivity (Wildman–Crippen MR) is 88.6 cm³/mol. The Hall–Kier alpha value is -1.46. The summed E-state index contributed by atoms with van der Waals surface area (Å²) in [6, 6.07) is 6.33. The molecule has 1 saturated heterocycles. The molecular weight excluding hydrogens is 295 g/mol. The fourth-order valence-electron chi connectivity index (χ4n) is 3.08. The molecule has 0 aliphatic carbocycles. The standard InChI is InChI=1S/C18H27FN2O2/c1-3-17(20,4-2)13-21-16(22)18(8-10-23-11-9-18)14-6-5-7-15(19)12-14/h5-7,12H,3-4,8-11,13,20H2,1-2H3,(H,21,22). The molecule has 0 atom stereocenters. The Morgan fingerprint density at radius 1 is 1.35 bits per heavy atom. The molecule has 23 heavy (non-hydrogen) atoms. The van der Waals surface area contributed by atoms with Gasteiger partial charge in [0, 0.05) is 25.3 Å². The summed E-state index contributed by atoms with van der Waals surface area (Å²) in [5.41, 5.74) is 5.87. The van der Waals surface area contributed by atoms with E-state index < -0.39 is 11.0 Å². The Morgan fingerprint density at radius 3 is 2.57 bits per heavy atom. The van der Waals surface area contributed by atoms with Gasteiger partial charge in [-0.3, -0.25) is 4.79 Å². The van der Waals surface area contributed by atoms with Gasteiger partial charge in [-0.15, -0.1) is 0 Å². The van der Waals surface area contributed by atoms with E-state index in [1.165, 1.54) is 12.1 Å². The van der Waals surface area contributed by atoms with Gasteiger partial charge in [-0.1, -0.05) is 26.0 Å². The zero-order valence-corrected chi connectivity index (χ0v) is 14.0. The van der Waals surface area contributed by atoms with Crippen LogP contribution in [0, 0.1) is 5.82 Å². The highest BCUT2D eigenvalue weighted by molar-refractivity contribution is 5.88. The van der Waals surface area contributed by atoms with Gasteiger partial charge in [0.15, 0.2) is 0 Å². The van der Waals surface area contributed by atoms with Crippen LogP contribution in [0.25, 0.3) is 0 Å². The van der Waals surface area contributed by atoms with Gasteiger partial charge >= 0.3 is 0 Å². The maximum Gasteiger partial charge on any atom is 0.230 e. The van der Waals surface area contributed by atoms with E-state index in [1.54, 1.807) is 6.07 Å². The van der Waals surface area contributed by atoms with Gasteiger partial charge in [0.05, 0.1) is 5.41 Å². The van der Waals surface area contributed by atoms with Crippen molar-refractivity contribution in [2.75, 3.05) is 19.8 Å². The van der Waals surface area contributed by atoms with Crippen molar-refractivity contribution in [1.82, 2.24) is 5.32 Å². The lowest BCUT2D eigenvalue weighted by atomic mass is 9.73. The molecule has 0 unspecified atom stereocenters. The van der Waals surface area contributed by atoms with Crippen molar-refractivity contribution in [2.45, 2.75) is 50.5 Å². The van der Waals surface area contributed by atoms with E-state index in [2.05, 4.69) is 5.32 Å². The van der Waals surface area contributed by atoms with Crippen molar-refractivity contribution in [3.63, 3.8) is 0 Å². The highest BCUT2D eigenvalue weighted by atomic mass is 19.1. The Labute approximate surface area is 137 Å². The number of rotatable bonds is 6. The molecule has 1 aromatic carbocycles. The van der Waals surface area contributed by atoms with Crippen molar-refractivity contribution in [3.05, 3.63) is 35.6 Å². The van der Waals surface area contributed by atoms with Crippen LogP contribution in [0.15, 0.2) is 24.3 Å². The third-order valence-corrected chi connectivity index (χ3v) is 5.17. The van der Waals surface area contributed by atoms with Crippen molar-refractivity contribution in [2.24, 2.45) is 5.73 Å². The second-order valence-electron chi connectivity index (χ2n) is 6.46. The van der Waals surface area contributed by atoms with Crippen LogP contribution >= 0.6 is 0 Å². The first-order valence-electron chi connectivity index (χ1n) is 8.37. The fourth-order valence-corrected chi connectivity index (χ4v) is 3.08. The maximum absolute atomic E-state index is 13.7. The number of nitrogens with one attached hydrogen (secondary N) is 1. The first-order valence-corrected chi connectivity index (χ1v) is 8.37. The summed E-state index contributed by atoms with van der Waals surface area (Å²) < 4.78 is 19.1. The fraction of sp³-hybridized carbons (Fsp3) is 0.611. The molecule has 2 rings (SSSR count). The van der Waals surface area contributed by atoms with Gasteiger partial charge in [-0.05, 0) is 43.4 Å². The second-order valence-corrected chi connectivity index (χ2v) is 6.46. The Balaban J connectivity index is 2.23. The molecule has 1 aliphatic heterocycles. The summed E-state index contributed by atoms with van der Waals surface area (Å²) >= 11 is 0. The summed E-state index contributed by atoms with van der Waals surface area (Å²) in [5, 5.41) is 3.01. The molecule has 1 aromatic rings. The number of ether oxygens (including phenoxy) is 1. The molecule has 0 saturated carbocycles. The smallest absolute Gasteiger partial charge is 0.230 e. The number of amides is 1. The molecule has 1 heterocycles. The minimum absolute atomic E-state index is 0.0804. The van der Waals surface area contributed by atoms with Crippen LogP contribution < -0.4 is 11.1 Å². The highest BCUT2D eigenvalue weighted by Gasteiger charge is 2.42. The Morgan fingerprint density at radius 2 is 2.00 bits per heavy atom. The van der Waals surface area contributed by atoms with Crippen LogP contribution in [0.5, 0.6) is 0 Å². The van der Waals surface area contributed by atoms with Crippen LogP contribution in [0.4, 0.5) is 4.39 Å². The molecule has 0 bridgehead atoms. The van der Waals surface area contributed by atoms with Crippen LogP contribution in [-0.4, -0.2) is 31.2 Å². The lowest BCUT2D eigenvalue weighted by Gasteiger charge is -2.37. The number of nitrogens with two attached hydrogens (primary N) is 1. The van der Waals surface area contributed by atoms with Gasteiger partial charge in [0.2, 0.25) is 5.91 Å². The highest BCUT2D eigenvalue weighted by Crippen LogP contribution is 2.35. The summed E-state index contributed by atoms with van der Waals surface area (Å²) in [5.74, 6) is -0.403. The molecular formula is C18H27FN2O2. The molecule has 3 N–H and O–H groups in total. The quantitative estimate of drug-likeness (QED) is 0.846. The van der Waals surface area contributed by atoms with Crippen molar-refractivity contribution in [3.8, 4) is 0 Å².